The van der Waals surface area contributed by atoms with Crippen molar-refractivity contribution in [3.8, 4) is 10.7 Å². The zero-order valence-corrected chi connectivity index (χ0v) is 16.7. The Morgan fingerprint density at radius 3 is 2.69 bits per heavy atom. The van der Waals surface area contributed by atoms with Gasteiger partial charge in [-0.3, -0.25) is 4.79 Å². The molecule has 0 bridgehead atoms. The van der Waals surface area contributed by atoms with E-state index >= 15 is 0 Å². The van der Waals surface area contributed by atoms with Gasteiger partial charge in [0.15, 0.2) is 11.0 Å². The lowest BCUT2D eigenvalue weighted by atomic mass is 10.1. The third-order valence-electron chi connectivity index (χ3n) is 4.01. The molecule has 0 saturated heterocycles. The molecule has 3 aromatic rings. The molecule has 1 unspecified atom stereocenters. The molecular formula is C19H22N4OS2. The summed E-state index contributed by atoms with van der Waals surface area (Å²) < 4.78 is 2.06. The number of aromatic nitrogens is 3. The van der Waals surface area contributed by atoms with Gasteiger partial charge in [0.05, 0.1) is 10.1 Å². The fraction of sp³-hybridized carbons (Fsp3) is 0.316. The molecule has 26 heavy (non-hydrogen) atoms. The smallest absolute Gasteiger partial charge is 0.233 e. The number of rotatable bonds is 7. The molecule has 0 aliphatic heterocycles. The molecule has 1 amide bonds. The number of aryl methyl sites for hydroxylation is 1. The van der Waals surface area contributed by atoms with E-state index in [9.17, 15) is 4.79 Å². The molecule has 1 aromatic carbocycles. The lowest BCUT2D eigenvalue weighted by Crippen LogP contribution is -2.30. The van der Waals surface area contributed by atoms with Gasteiger partial charge < -0.3 is 9.88 Å². The van der Waals surface area contributed by atoms with Crippen LogP contribution in [0.2, 0.25) is 0 Å². The van der Waals surface area contributed by atoms with Crippen LogP contribution in [0.4, 0.5) is 0 Å². The molecule has 2 aromatic heterocycles. The Labute approximate surface area is 161 Å². The van der Waals surface area contributed by atoms with Gasteiger partial charge in [-0.05, 0) is 37.8 Å². The quantitative estimate of drug-likeness (QED) is 0.620. The number of carbonyl (C=O) groups excluding carboxylic acids is 1. The maximum atomic E-state index is 12.4. The van der Waals surface area contributed by atoms with Gasteiger partial charge in [0.2, 0.25) is 5.91 Å². The Balaban J connectivity index is 1.63. The van der Waals surface area contributed by atoms with Crippen molar-refractivity contribution < 1.29 is 4.79 Å². The van der Waals surface area contributed by atoms with E-state index in [1.165, 1.54) is 17.3 Å². The highest BCUT2D eigenvalue weighted by Crippen LogP contribution is 2.29. The zero-order chi connectivity index (χ0) is 18.5. The minimum Gasteiger partial charge on any atom is -0.351 e. The van der Waals surface area contributed by atoms with Crippen molar-refractivity contribution in [1.82, 2.24) is 20.1 Å². The van der Waals surface area contributed by atoms with E-state index in [0.29, 0.717) is 6.54 Å². The first-order valence-corrected chi connectivity index (χ1v) is 10.3. The normalized spacial score (nSPS) is 12.1. The number of carbonyl (C=O) groups is 1. The van der Waals surface area contributed by atoms with E-state index in [4.69, 9.17) is 0 Å². The molecule has 1 atom stereocenters. The van der Waals surface area contributed by atoms with Gasteiger partial charge in [-0.1, -0.05) is 47.7 Å². The number of hydrogen-bond acceptors (Lipinski definition) is 5. The van der Waals surface area contributed by atoms with Crippen LogP contribution in [-0.4, -0.2) is 25.9 Å². The van der Waals surface area contributed by atoms with Crippen molar-refractivity contribution in [2.45, 2.75) is 44.3 Å². The van der Waals surface area contributed by atoms with Gasteiger partial charge >= 0.3 is 0 Å². The summed E-state index contributed by atoms with van der Waals surface area (Å²) in [6, 6.07) is 12.2. The largest absolute Gasteiger partial charge is 0.351 e. The average Bonchev–Trinajstić information content (AvgIpc) is 3.30. The molecule has 0 aliphatic carbocycles. The Morgan fingerprint density at radius 1 is 1.27 bits per heavy atom. The van der Waals surface area contributed by atoms with Crippen LogP contribution in [-0.2, 0) is 17.9 Å². The molecule has 1 N–H and O–H groups in total. The number of nitrogens with zero attached hydrogens (tertiary/aromatic N) is 3. The summed E-state index contributed by atoms with van der Waals surface area (Å²) in [5, 5.41) is 14.2. The van der Waals surface area contributed by atoms with Crippen LogP contribution in [0.25, 0.3) is 10.7 Å². The van der Waals surface area contributed by atoms with E-state index in [1.807, 2.05) is 36.6 Å². The number of benzene rings is 1. The highest BCUT2D eigenvalue weighted by atomic mass is 32.2. The number of thiophene rings is 1. The zero-order valence-electron chi connectivity index (χ0n) is 15.1. The fourth-order valence-corrected chi connectivity index (χ4v) is 4.15. The van der Waals surface area contributed by atoms with Gasteiger partial charge in [-0.25, -0.2) is 0 Å². The summed E-state index contributed by atoms with van der Waals surface area (Å²) >= 11 is 3.08. The number of nitrogens with one attached hydrogen (secondary N) is 1. The number of amides is 1. The minimum absolute atomic E-state index is 0.00102. The van der Waals surface area contributed by atoms with Crippen molar-refractivity contribution in [1.29, 1.82) is 0 Å². The number of hydrogen-bond donors (Lipinski definition) is 1. The SMILES string of the molecule is CCn1c(SC(C)C(=O)NCc2ccc(C)cc2)nnc1-c1cccs1. The molecule has 136 valence electrons. The summed E-state index contributed by atoms with van der Waals surface area (Å²) in [5.41, 5.74) is 2.31. The molecule has 0 saturated carbocycles. The van der Waals surface area contributed by atoms with Gasteiger partial charge in [0.1, 0.15) is 0 Å². The predicted molar refractivity (Wildman–Crippen MR) is 107 cm³/mol. The third kappa shape index (κ3) is 4.34. The van der Waals surface area contributed by atoms with Crippen molar-refractivity contribution in [3.05, 3.63) is 52.9 Å². The van der Waals surface area contributed by atoms with Crippen LogP contribution in [0.15, 0.2) is 46.9 Å². The first-order chi connectivity index (χ1) is 12.6. The fourth-order valence-electron chi connectivity index (χ4n) is 2.50. The lowest BCUT2D eigenvalue weighted by Gasteiger charge is -2.12. The lowest BCUT2D eigenvalue weighted by molar-refractivity contribution is -0.120. The summed E-state index contributed by atoms with van der Waals surface area (Å²) in [5.74, 6) is 0.858. The maximum absolute atomic E-state index is 12.4. The first kappa shape index (κ1) is 18.7. The summed E-state index contributed by atoms with van der Waals surface area (Å²) in [6.07, 6.45) is 0. The van der Waals surface area contributed by atoms with E-state index in [-0.39, 0.29) is 11.2 Å². The van der Waals surface area contributed by atoms with Crippen molar-refractivity contribution in [2.75, 3.05) is 0 Å². The van der Waals surface area contributed by atoms with Crippen molar-refractivity contribution in [2.24, 2.45) is 0 Å². The molecule has 5 nitrogen and oxygen atoms in total. The van der Waals surface area contributed by atoms with Crippen LogP contribution in [0.1, 0.15) is 25.0 Å². The van der Waals surface area contributed by atoms with Crippen molar-refractivity contribution >= 4 is 29.0 Å². The van der Waals surface area contributed by atoms with Gasteiger partial charge in [-0.2, -0.15) is 0 Å². The van der Waals surface area contributed by atoms with Gasteiger partial charge in [-0.15, -0.1) is 21.5 Å². The van der Waals surface area contributed by atoms with E-state index < -0.39 is 0 Å². The summed E-state index contributed by atoms with van der Waals surface area (Å²) in [4.78, 5) is 13.5. The Morgan fingerprint density at radius 2 is 2.04 bits per heavy atom. The van der Waals surface area contributed by atoms with Crippen LogP contribution in [0, 0.1) is 6.92 Å². The molecule has 0 aliphatic rings. The summed E-state index contributed by atoms with van der Waals surface area (Å²) in [7, 11) is 0. The van der Waals surface area contributed by atoms with Crippen LogP contribution in [0.3, 0.4) is 0 Å². The topological polar surface area (TPSA) is 59.8 Å². The van der Waals surface area contributed by atoms with E-state index in [1.54, 1.807) is 11.3 Å². The summed E-state index contributed by atoms with van der Waals surface area (Å²) in [6.45, 7) is 7.31. The van der Waals surface area contributed by atoms with E-state index in [2.05, 4.69) is 46.1 Å². The number of thioether (sulfide) groups is 1. The van der Waals surface area contributed by atoms with E-state index in [0.717, 1.165) is 28.0 Å². The Hall–Kier alpha value is -2.12. The molecule has 0 spiro atoms. The molecule has 7 heteroatoms. The monoisotopic (exact) mass is 386 g/mol. The molecule has 0 fully saturated rings. The van der Waals surface area contributed by atoms with Crippen LogP contribution >= 0.6 is 23.1 Å². The molecular weight excluding hydrogens is 364 g/mol. The maximum Gasteiger partial charge on any atom is 0.233 e. The highest BCUT2D eigenvalue weighted by molar-refractivity contribution is 8.00. The second-order valence-corrected chi connectivity index (χ2v) is 8.25. The molecule has 2 heterocycles. The Bertz CT molecular complexity index is 856. The van der Waals surface area contributed by atoms with Crippen LogP contribution in [0.5, 0.6) is 0 Å². The third-order valence-corrected chi connectivity index (χ3v) is 5.96. The second-order valence-electron chi connectivity index (χ2n) is 5.99. The van der Waals surface area contributed by atoms with Gasteiger partial charge in [0.25, 0.3) is 0 Å². The first-order valence-electron chi connectivity index (χ1n) is 8.55. The second kappa shape index (κ2) is 8.51. The predicted octanol–water partition coefficient (Wildman–Crippen LogP) is 4.13. The molecule has 3 rings (SSSR count). The molecule has 0 radical (unpaired) electrons. The standard InChI is InChI=1S/C19H22N4OS2/c1-4-23-17(16-6-5-11-25-16)21-22-19(23)26-14(3)18(24)20-12-15-9-7-13(2)8-10-15/h5-11,14H,4,12H2,1-3H3,(H,20,24). The average molecular weight is 387 g/mol. The van der Waals surface area contributed by atoms with Gasteiger partial charge in [0, 0.05) is 13.1 Å². The highest BCUT2D eigenvalue weighted by Gasteiger charge is 2.20. The van der Waals surface area contributed by atoms with Crippen molar-refractivity contribution in [3.63, 3.8) is 0 Å². The minimum atomic E-state index is -0.244. The Kier molecular flexibility index (Phi) is 6.11. The van der Waals surface area contributed by atoms with Crippen LogP contribution < -0.4 is 5.32 Å².